The number of benzene rings is 3. The van der Waals surface area contributed by atoms with Crippen LogP contribution < -0.4 is 9.47 Å². The lowest BCUT2D eigenvalue weighted by Crippen LogP contribution is -2.09. The largest absolute Gasteiger partial charge is 0.493 e. The predicted octanol–water partition coefficient (Wildman–Crippen LogP) is 7.45. The van der Waals surface area contributed by atoms with Crippen LogP contribution in [0.25, 0.3) is 21.8 Å². The highest BCUT2D eigenvalue weighted by Crippen LogP contribution is 2.46. The fraction of sp³-hybridized carbons (Fsp3) is 0.290. The molecule has 0 aliphatic carbocycles. The second-order valence-corrected chi connectivity index (χ2v) is 9.07. The van der Waals surface area contributed by atoms with E-state index in [0.29, 0.717) is 0 Å². The molecule has 0 aliphatic heterocycles. The molecule has 0 saturated carbocycles. The number of aromatic nitrogens is 2. The first kappa shape index (κ1) is 23.1. The SMILES string of the molecule is CCn1c(C)c(C(c2ccc(OC)c(OC)c2)c2c(C)n(CC)c3ccccc23)c2ccccc21. The number of aryl methyl sites for hydroxylation is 2. The van der Waals surface area contributed by atoms with E-state index >= 15 is 0 Å². The van der Waals surface area contributed by atoms with Crippen molar-refractivity contribution in [3.05, 3.63) is 94.8 Å². The number of fused-ring (bicyclic) bond motifs is 2. The molecule has 0 atom stereocenters. The molecule has 0 fully saturated rings. The van der Waals surface area contributed by atoms with Gasteiger partial charge < -0.3 is 18.6 Å². The summed E-state index contributed by atoms with van der Waals surface area (Å²) in [6.45, 7) is 10.8. The van der Waals surface area contributed by atoms with Crippen LogP contribution in [0.3, 0.4) is 0 Å². The molecule has 4 nitrogen and oxygen atoms in total. The minimum atomic E-state index is 0.0465. The molecule has 0 radical (unpaired) electrons. The minimum absolute atomic E-state index is 0.0465. The zero-order valence-electron chi connectivity index (χ0n) is 21.6. The van der Waals surface area contributed by atoms with E-state index in [1.54, 1.807) is 14.2 Å². The number of hydrogen-bond donors (Lipinski definition) is 0. The summed E-state index contributed by atoms with van der Waals surface area (Å²) in [6.07, 6.45) is 0. The van der Waals surface area contributed by atoms with E-state index in [-0.39, 0.29) is 5.92 Å². The summed E-state index contributed by atoms with van der Waals surface area (Å²) < 4.78 is 16.2. The molecule has 0 unspecified atom stereocenters. The Morgan fingerprint density at radius 2 is 1.14 bits per heavy atom. The third kappa shape index (κ3) is 3.51. The molecule has 180 valence electrons. The van der Waals surface area contributed by atoms with Crippen molar-refractivity contribution in [1.29, 1.82) is 0 Å². The van der Waals surface area contributed by atoms with Crippen LogP contribution in [0.2, 0.25) is 0 Å². The van der Waals surface area contributed by atoms with E-state index in [1.807, 2.05) is 6.07 Å². The van der Waals surface area contributed by atoms with Crippen LogP contribution in [-0.4, -0.2) is 23.4 Å². The quantitative estimate of drug-likeness (QED) is 0.249. The molecule has 5 aromatic rings. The molecule has 0 bridgehead atoms. The minimum Gasteiger partial charge on any atom is -0.493 e. The topological polar surface area (TPSA) is 28.3 Å². The molecule has 3 aromatic carbocycles. The molecule has 0 aliphatic rings. The molecule has 5 rings (SSSR count). The van der Waals surface area contributed by atoms with Crippen molar-refractivity contribution in [1.82, 2.24) is 9.13 Å². The lowest BCUT2D eigenvalue weighted by atomic mass is 9.82. The first-order valence-electron chi connectivity index (χ1n) is 12.4. The Balaban J connectivity index is 1.92. The Bertz CT molecular complexity index is 1430. The van der Waals surface area contributed by atoms with Gasteiger partial charge in [-0.1, -0.05) is 42.5 Å². The second-order valence-electron chi connectivity index (χ2n) is 9.07. The van der Waals surface area contributed by atoms with E-state index in [9.17, 15) is 0 Å². The Hall–Kier alpha value is -3.66. The average molecular weight is 467 g/mol. The van der Waals surface area contributed by atoms with Gasteiger partial charge in [0.2, 0.25) is 0 Å². The van der Waals surface area contributed by atoms with Crippen molar-refractivity contribution in [3.8, 4) is 11.5 Å². The second kappa shape index (κ2) is 9.18. The highest BCUT2D eigenvalue weighted by molar-refractivity contribution is 5.91. The zero-order valence-corrected chi connectivity index (χ0v) is 21.6. The van der Waals surface area contributed by atoms with Gasteiger partial charge >= 0.3 is 0 Å². The summed E-state index contributed by atoms with van der Waals surface area (Å²) in [6, 6.07) is 24.0. The van der Waals surface area contributed by atoms with Gasteiger partial charge in [-0.3, -0.25) is 0 Å². The molecule has 0 amide bonds. The number of nitrogens with zero attached hydrogens (tertiary/aromatic N) is 2. The molecule has 0 N–H and O–H groups in total. The Labute approximate surface area is 207 Å². The van der Waals surface area contributed by atoms with Crippen molar-refractivity contribution >= 4 is 21.8 Å². The van der Waals surface area contributed by atoms with Crippen molar-refractivity contribution in [2.75, 3.05) is 14.2 Å². The maximum absolute atomic E-state index is 5.75. The average Bonchev–Trinajstić information content (AvgIpc) is 3.34. The maximum Gasteiger partial charge on any atom is 0.161 e. The summed E-state index contributed by atoms with van der Waals surface area (Å²) in [5, 5.41) is 2.61. The highest BCUT2D eigenvalue weighted by atomic mass is 16.5. The molecule has 4 heteroatoms. The van der Waals surface area contributed by atoms with Crippen LogP contribution in [0, 0.1) is 13.8 Å². The summed E-state index contributed by atoms with van der Waals surface area (Å²) in [4.78, 5) is 0. The monoisotopic (exact) mass is 466 g/mol. The van der Waals surface area contributed by atoms with Crippen LogP contribution in [0.5, 0.6) is 11.5 Å². The fourth-order valence-corrected chi connectivity index (χ4v) is 5.97. The van der Waals surface area contributed by atoms with Gasteiger partial charge in [-0.25, -0.2) is 0 Å². The lowest BCUT2D eigenvalue weighted by Gasteiger charge is -2.22. The number of ether oxygens (including phenoxy) is 2. The van der Waals surface area contributed by atoms with E-state index in [2.05, 4.69) is 97.5 Å². The van der Waals surface area contributed by atoms with E-state index in [0.717, 1.165) is 24.6 Å². The normalized spacial score (nSPS) is 11.6. The summed E-state index contributed by atoms with van der Waals surface area (Å²) in [7, 11) is 3.39. The van der Waals surface area contributed by atoms with Gasteiger partial charge in [-0.05, 0) is 68.7 Å². The number of methoxy groups -OCH3 is 2. The standard InChI is InChI=1S/C31H34N2O2/c1-7-32-20(3)29(23-13-9-11-15-25(23)32)31(22-17-18-27(34-5)28(19-22)35-6)30-21(4)33(8-2)26-16-12-10-14-24(26)30/h9-19,31H,7-8H2,1-6H3. The Kier molecular flexibility index (Phi) is 6.06. The van der Waals surface area contributed by atoms with Gasteiger partial charge in [0.05, 0.1) is 14.2 Å². The van der Waals surface area contributed by atoms with E-state index < -0.39 is 0 Å². The van der Waals surface area contributed by atoms with Gasteiger partial charge in [-0.2, -0.15) is 0 Å². The third-order valence-corrected chi connectivity index (χ3v) is 7.51. The van der Waals surface area contributed by atoms with Crippen molar-refractivity contribution < 1.29 is 9.47 Å². The zero-order chi connectivity index (χ0) is 24.7. The van der Waals surface area contributed by atoms with E-state index in [1.165, 1.54) is 49.9 Å². The first-order valence-corrected chi connectivity index (χ1v) is 12.4. The molecular formula is C31H34N2O2. The molecule has 2 aromatic heterocycles. The number of hydrogen-bond acceptors (Lipinski definition) is 2. The highest BCUT2D eigenvalue weighted by Gasteiger charge is 2.30. The Morgan fingerprint density at radius 1 is 0.657 bits per heavy atom. The summed E-state index contributed by atoms with van der Waals surface area (Å²) >= 11 is 0. The first-order chi connectivity index (χ1) is 17.0. The summed E-state index contributed by atoms with van der Waals surface area (Å²) in [5.74, 6) is 1.55. The van der Waals surface area contributed by atoms with Crippen molar-refractivity contribution in [2.24, 2.45) is 0 Å². The van der Waals surface area contributed by atoms with E-state index in [4.69, 9.17) is 9.47 Å². The van der Waals surface area contributed by atoms with Crippen LogP contribution in [0.1, 0.15) is 47.8 Å². The number of para-hydroxylation sites is 2. The fourth-order valence-electron chi connectivity index (χ4n) is 5.97. The number of rotatable bonds is 7. The van der Waals surface area contributed by atoms with Gasteiger partial charge in [-0.15, -0.1) is 0 Å². The predicted molar refractivity (Wildman–Crippen MR) is 145 cm³/mol. The molecule has 0 saturated heterocycles. The maximum atomic E-state index is 5.75. The van der Waals surface area contributed by atoms with Crippen molar-refractivity contribution in [2.45, 2.75) is 46.7 Å². The molecule has 2 heterocycles. The molecule has 35 heavy (non-hydrogen) atoms. The van der Waals surface area contributed by atoms with Gasteiger partial charge in [0.15, 0.2) is 11.5 Å². The van der Waals surface area contributed by atoms with Crippen LogP contribution in [0.15, 0.2) is 66.7 Å². The van der Waals surface area contributed by atoms with Gasteiger partial charge in [0.1, 0.15) is 0 Å². The van der Waals surface area contributed by atoms with Crippen LogP contribution in [0.4, 0.5) is 0 Å². The smallest absolute Gasteiger partial charge is 0.161 e. The van der Waals surface area contributed by atoms with Crippen LogP contribution in [-0.2, 0) is 13.1 Å². The summed E-state index contributed by atoms with van der Waals surface area (Å²) in [5.41, 5.74) is 9.09. The molecule has 0 spiro atoms. The lowest BCUT2D eigenvalue weighted by molar-refractivity contribution is 0.354. The Morgan fingerprint density at radius 3 is 1.60 bits per heavy atom. The van der Waals surface area contributed by atoms with Crippen molar-refractivity contribution in [3.63, 3.8) is 0 Å². The molecular weight excluding hydrogens is 432 g/mol. The van der Waals surface area contributed by atoms with Gasteiger partial charge in [0, 0.05) is 52.2 Å². The third-order valence-electron chi connectivity index (χ3n) is 7.51. The van der Waals surface area contributed by atoms with Crippen LogP contribution >= 0.6 is 0 Å². The van der Waals surface area contributed by atoms with Gasteiger partial charge in [0.25, 0.3) is 0 Å².